The van der Waals surface area contributed by atoms with Gasteiger partial charge in [0, 0.05) is 28.4 Å². The third-order valence-electron chi connectivity index (χ3n) is 4.00. The third kappa shape index (κ3) is 3.14. The predicted octanol–water partition coefficient (Wildman–Crippen LogP) is 5.76. The van der Waals surface area contributed by atoms with E-state index >= 15 is 0 Å². The Morgan fingerprint density at radius 2 is 1.84 bits per heavy atom. The third-order valence-corrected chi connectivity index (χ3v) is 6.05. The highest BCUT2D eigenvalue weighted by Gasteiger charge is 2.23. The van der Waals surface area contributed by atoms with E-state index in [4.69, 9.17) is 0 Å². The Morgan fingerprint density at radius 1 is 1.00 bits per heavy atom. The fraction of sp³-hybridized carbons (Fsp3) is 0.0500. The number of hydrogen-bond acceptors (Lipinski definition) is 4. The van der Waals surface area contributed by atoms with Crippen LogP contribution in [-0.2, 0) is 0 Å². The second kappa shape index (κ2) is 6.88. The number of aliphatic hydroxyl groups is 1. The van der Waals surface area contributed by atoms with Crippen LogP contribution in [0.25, 0.3) is 20.9 Å². The van der Waals surface area contributed by atoms with Gasteiger partial charge >= 0.3 is 0 Å². The lowest BCUT2D eigenvalue weighted by Gasteiger charge is -2.15. The van der Waals surface area contributed by atoms with E-state index in [9.17, 15) is 9.50 Å². The van der Waals surface area contributed by atoms with Crippen molar-refractivity contribution in [3.8, 4) is 20.9 Å². The van der Waals surface area contributed by atoms with Crippen molar-refractivity contribution in [3.63, 3.8) is 0 Å². The van der Waals surface area contributed by atoms with Crippen molar-refractivity contribution < 1.29 is 9.50 Å². The maximum absolute atomic E-state index is 13.3. The van der Waals surface area contributed by atoms with Gasteiger partial charge < -0.3 is 5.11 Å². The van der Waals surface area contributed by atoms with Crippen molar-refractivity contribution in [2.24, 2.45) is 0 Å². The van der Waals surface area contributed by atoms with E-state index in [1.165, 1.54) is 12.1 Å². The van der Waals surface area contributed by atoms with Crippen molar-refractivity contribution in [1.82, 2.24) is 4.98 Å². The van der Waals surface area contributed by atoms with Crippen LogP contribution in [0.15, 0.2) is 71.7 Å². The number of rotatable bonds is 4. The van der Waals surface area contributed by atoms with Crippen molar-refractivity contribution in [1.29, 1.82) is 0 Å². The van der Waals surface area contributed by atoms with Crippen LogP contribution in [0.5, 0.6) is 0 Å². The van der Waals surface area contributed by atoms with Crippen molar-refractivity contribution >= 4 is 22.7 Å². The first-order valence-electron chi connectivity index (χ1n) is 7.73. The first-order chi connectivity index (χ1) is 12.2. The summed E-state index contributed by atoms with van der Waals surface area (Å²) in [5.41, 5.74) is 3.39. The minimum absolute atomic E-state index is 0.271. The van der Waals surface area contributed by atoms with Gasteiger partial charge in [-0.15, -0.1) is 22.7 Å². The lowest BCUT2D eigenvalue weighted by Crippen LogP contribution is -2.02. The molecule has 1 atom stereocenters. The number of pyridine rings is 1. The number of thiophene rings is 2. The number of hydrogen-bond donors (Lipinski definition) is 1. The molecule has 3 heterocycles. The molecule has 0 aliphatic heterocycles. The zero-order valence-electron chi connectivity index (χ0n) is 13.1. The lowest BCUT2D eigenvalue weighted by atomic mass is 9.95. The first-order valence-corrected chi connectivity index (χ1v) is 9.49. The molecular formula is C20H14FNOS2. The maximum atomic E-state index is 13.3. The van der Waals surface area contributed by atoms with E-state index in [1.807, 2.05) is 35.0 Å². The summed E-state index contributed by atoms with van der Waals surface area (Å²) in [5.74, 6) is -0.271. The van der Waals surface area contributed by atoms with Gasteiger partial charge in [-0.3, -0.25) is 4.98 Å². The molecule has 0 aliphatic rings. The van der Waals surface area contributed by atoms with Gasteiger partial charge in [-0.2, -0.15) is 0 Å². The van der Waals surface area contributed by atoms with Gasteiger partial charge in [-0.1, -0.05) is 24.3 Å². The molecule has 0 aliphatic carbocycles. The van der Waals surface area contributed by atoms with E-state index in [0.29, 0.717) is 0 Å². The second-order valence-corrected chi connectivity index (χ2v) is 7.39. The molecule has 25 heavy (non-hydrogen) atoms. The quantitative estimate of drug-likeness (QED) is 0.497. The number of halogens is 1. The molecule has 5 heteroatoms. The molecular weight excluding hydrogens is 353 g/mol. The topological polar surface area (TPSA) is 33.1 Å². The summed E-state index contributed by atoms with van der Waals surface area (Å²) in [6.45, 7) is 0. The van der Waals surface area contributed by atoms with E-state index in [2.05, 4.69) is 4.98 Å². The van der Waals surface area contributed by atoms with Crippen LogP contribution in [0, 0.1) is 5.82 Å². The molecule has 0 radical (unpaired) electrons. The summed E-state index contributed by atoms with van der Waals surface area (Å²) in [5, 5.41) is 15.1. The van der Waals surface area contributed by atoms with Crippen LogP contribution in [0.2, 0.25) is 0 Å². The van der Waals surface area contributed by atoms with Gasteiger partial charge in [-0.25, -0.2) is 4.39 Å². The van der Waals surface area contributed by atoms with E-state index in [-0.39, 0.29) is 5.82 Å². The highest BCUT2D eigenvalue weighted by atomic mass is 32.1. The normalized spacial score (nSPS) is 12.2. The smallest absolute Gasteiger partial charge is 0.123 e. The molecule has 0 fully saturated rings. The van der Waals surface area contributed by atoms with Gasteiger partial charge in [-0.05, 0) is 46.2 Å². The molecule has 3 aromatic heterocycles. The Hall–Kier alpha value is -2.34. The highest BCUT2D eigenvalue weighted by Crippen LogP contribution is 2.44. The number of aromatic nitrogens is 1. The Bertz CT molecular complexity index is 963. The van der Waals surface area contributed by atoms with Gasteiger partial charge in [0.2, 0.25) is 0 Å². The summed E-state index contributed by atoms with van der Waals surface area (Å²) in [4.78, 5) is 6.26. The van der Waals surface area contributed by atoms with Gasteiger partial charge in [0.15, 0.2) is 0 Å². The van der Waals surface area contributed by atoms with Gasteiger partial charge in [0.25, 0.3) is 0 Å². The molecule has 1 aromatic carbocycles. The summed E-state index contributed by atoms with van der Waals surface area (Å²) >= 11 is 3.23. The Morgan fingerprint density at radius 3 is 2.52 bits per heavy atom. The fourth-order valence-corrected chi connectivity index (χ4v) is 4.79. The number of nitrogens with zero attached hydrogens (tertiary/aromatic N) is 1. The molecule has 0 saturated heterocycles. The summed E-state index contributed by atoms with van der Waals surface area (Å²) in [6, 6.07) is 14.1. The van der Waals surface area contributed by atoms with Crippen molar-refractivity contribution in [3.05, 3.63) is 88.6 Å². The van der Waals surface area contributed by atoms with Crippen molar-refractivity contribution in [2.75, 3.05) is 0 Å². The van der Waals surface area contributed by atoms with Crippen LogP contribution in [0.4, 0.5) is 4.39 Å². The number of aliphatic hydroxyl groups excluding tert-OH is 1. The zero-order valence-corrected chi connectivity index (χ0v) is 14.7. The standard InChI is InChI=1S/C20H14FNOS2/c21-15-7-5-13(6-8-15)16-12-25-20(17-4-2-10-24-17)18(16)19(23)14-3-1-9-22-11-14/h1-12,19,23H. The Labute approximate surface area is 152 Å². The summed E-state index contributed by atoms with van der Waals surface area (Å²) < 4.78 is 13.3. The molecule has 0 spiro atoms. The van der Waals surface area contributed by atoms with Crippen LogP contribution in [-0.4, -0.2) is 10.1 Å². The average Bonchev–Trinajstić information content (AvgIpc) is 3.32. The molecule has 4 aromatic rings. The van der Waals surface area contributed by atoms with Crippen LogP contribution in [0.3, 0.4) is 0 Å². The number of benzene rings is 1. The maximum Gasteiger partial charge on any atom is 0.123 e. The molecule has 0 bridgehead atoms. The lowest BCUT2D eigenvalue weighted by molar-refractivity contribution is 0.221. The van der Waals surface area contributed by atoms with E-state index < -0.39 is 6.10 Å². The molecule has 1 unspecified atom stereocenters. The highest BCUT2D eigenvalue weighted by molar-refractivity contribution is 7.20. The minimum Gasteiger partial charge on any atom is -0.384 e. The Kier molecular flexibility index (Phi) is 4.44. The van der Waals surface area contributed by atoms with Gasteiger partial charge in [0.1, 0.15) is 11.9 Å². The molecule has 4 rings (SSSR count). The molecule has 0 saturated carbocycles. The SMILES string of the molecule is OC(c1cccnc1)c1c(-c2ccc(F)cc2)csc1-c1cccs1. The first kappa shape index (κ1) is 16.1. The molecule has 0 amide bonds. The minimum atomic E-state index is -0.794. The molecule has 124 valence electrons. The molecule has 1 N–H and O–H groups in total. The predicted molar refractivity (Wildman–Crippen MR) is 101 cm³/mol. The van der Waals surface area contributed by atoms with E-state index in [1.54, 1.807) is 47.2 Å². The second-order valence-electron chi connectivity index (χ2n) is 5.57. The molecule has 2 nitrogen and oxygen atoms in total. The monoisotopic (exact) mass is 367 g/mol. The Balaban J connectivity index is 1.89. The van der Waals surface area contributed by atoms with Gasteiger partial charge in [0.05, 0.1) is 4.88 Å². The van der Waals surface area contributed by atoms with Crippen LogP contribution >= 0.6 is 22.7 Å². The van der Waals surface area contributed by atoms with E-state index in [0.717, 1.165) is 32.0 Å². The van der Waals surface area contributed by atoms with Crippen LogP contribution < -0.4 is 0 Å². The van der Waals surface area contributed by atoms with Crippen molar-refractivity contribution in [2.45, 2.75) is 6.10 Å². The average molecular weight is 367 g/mol. The zero-order chi connectivity index (χ0) is 17.2. The van der Waals surface area contributed by atoms with Crippen LogP contribution in [0.1, 0.15) is 17.2 Å². The summed E-state index contributed by atoms with van der Waals surface area (Å²) in [7, 11) is 0. The largest absolute Gasteiger partial charge is 0.384 e. The summed E-state index contributed by atoms with van der Waals surface area (Å²) in [6.07, 6.45) is 2.57. The fourth-order valence-electron chi connectivity index (χ4n) is 2.79.